The molecule has 4 heteroatoms. The van der Waals surface area contributed by atoms with Crippen molar-refractivity contribution in [3.63, 3.8) is 0 Å². The number of carbonyl (C=O) groups excluding carboxylic acids is 1. The van der Waals surface area contributed by atoms with Crippen LogP contribution >= 0.6 is 0 Å². The molecule has 2 unspecified atom stereocenters. The van der Waals surface area contributed by atoms with E-state index in [0.717, 1.165) is 24.0 Å². The summed E-state index contributed by atoms with van der Waals surface area (Å²) in [4.78, 5) is 16.2. The summed E-state index contributed by atoms with van der Waals surface area (Å²) in [6.45, 7) is 4.89. The lowest BCUT2D eigenvalue weighted by Crippen LogP contribution is -2.26. The first-order valence-corrected chi connectivity index (χ1v) is 6.05. The fourth-order valence-electron chi connectivity index (χ4n) is 1.94. The topological polar surface area (TPSA) is 54.0 Å². The van der Waals surface area contributed by atoms with E-state index >= 15 is 0 Å². The molecule has 1 fully saturated rings. The average molecular weight is 233 g/mol. The minimum Gasteiger partial charge on any atom is -0.373 e. The van der Waals surface area contributed by atoms with Crippen molar-refractivity contribution in [2.75, 3.05) is 18.9 Å². The van der Waals surface area contributed by atoms with Gasteiger partial charge in [-0.2, -0.15) is 0 Å². The summed E-state index contributed by atoms with van der Waals surface area (Å²) < 4.78 is 0. The van der Waals surface area contributed by atoms with Crippen LogP contribution in [0.1, 0.15) is 29.4 Å². The molecule has 1 aromatic heterocycles. The third-order valence-corrected chi connectivity index (χ3v) is 3.27. The third kappa shape index (κ3) is 2.96. The highest BCUT2D eigenvalue weighted by molar-refractivity contribution is 5.95. The summed E-state index contributed by atoms with van der Waals surface area (Å²) in [5.74, 6) is 2.16. The Bertz CT molecular complexity index is 431. The maximum Gasteiger partial charge on any atom is 0.251 e. The molecule has 0 bridgehead atoms. The van der Waals surface area contributed by atoms with E-state index in [-0.39, 0.29) is 5.91 Å². The molecule has 1 saturated carbocycles. The van der Waals surface area contributed by atoms with E-state index < -0.39 is 0 Å². The van der Waals surface area contributed by atoms with Gasteiger partial charge in [0.15, 0.2) is 0 Å². The predicted octanol–water partition coefficient (Wildman–Crippen LogP) is 1.82. The van der Waals surface area contributed by atoms with Crippen LogP contribution in [0.2, 0.25) is 0 Å². The predicted molar refractivity (Wildman–Crippen MR) is 68.1 cm³/mol. The number of aryl methyl sites for hydroxylation is 1. The number of pyridine rings is 1. The Morgan fingerprint density at radius 1 is 1.53 bits per heavy atom. The van der Waals surface area contributed by atoms with Crippen LogP contribution in [0.3, 0.4) is 0 Å². The largest absolute Gasteiger partial charge is 0.373 e. The van der Waals surface area contributed by atoms with E-state index in [1.807, 2.05) is 13.0 Å². The van der Waals surface area contributed by atoms with E-state index in [2.05, 4.69) is 22.5 Å². The number of rotatable bonds is 4. The van der Waals surface area contributed by atoms with Gasteiger partial charge in [-0.05, 0) is 37.3 Å². The summed E-state index contributed by atoms with van der Waals surface area (Å²) in [5, 5.41) is 5.93. The highest BCUT2D eigenvalue weighted by Crippen LogP contribution is 2.36. The monoisotopic (exact) mass is 233 g/mol. The molecule has 4 nitrogen and oxygen atoms in total. The highest BCUT2D eigenvalue weighted by Gasteiger charge is 2.32. The SMILES string of the molecule is CNc1cc(C(=O)NCC2CC2C)cc(C)n1. The number of amides is 1. The zero-order chi connectivity index (χ0) is 12.4. The molecule has 0 spiro atoms. The van der Waals surface area contributed by atoms with Crippen molar-refractivity contribution in [2.45, 2.75) is 20.3 Å². The minimum atomic E-state index is -0.00824. The van der Waals surface area contributed by atoms with Gasteiger partial charge in [-0.25, -0.2) is 4.98 Å². The van der Waals surface area contributed by atoms with Crippen LogP contribution < -0.4 is 10.6 Å². The molecule has 1 heterocycles. The molecule has 92 valence electrons. The van der Waals surface area contributed by atoms with Gasteiger partial charge in [0.05, 0.1) is 0 Å². The van der Waals surface area contributed by atoms with E-state index in [1.54, 1.807) is 13.1 Å². The number of aromatic nitrogens is 1. The van der Waals surface area contributed by atoms with Crippen molar-refractivity contribution in [1.29, 1.82) is 0 Å². The maximum absolute atomic E-state index is 11.9. The lowest BCUT2D eigenvalue weighted by Gasteiger charge is -2.07. The van der Waals surface area contributed by atoms with Crippen molar-refractivity contribution in [3.05, 3.63) is 23.4 Å². The number of nitrogens with one attached hydrogen (secondary N) is 2. The Kier molecular flexibility index (Phi) is 3.31. The van der Waals surface area contributed by atoms with Crippen LogP contribution in [0.5, 0.6) is 0 Å². The number of carbonyl (C=O) groups is 1. The molecule has 2 rings (SSSR count). The van der Waals surface area contributed by atoms with Gasteiger partial charge in [-0.3, -0.25) is 4.79 Å². The van der Waals surface area contributed by atoms with Gasteiger partial charge < -0.3 is 10.6 Å². The standard InChI is InChI=1S/C13H19N3O/c1-8-4-11(8)7-15-13(17)10-5-9(2)16-12(6-10)14-3/h5-6,8,11H,4,7H2,1-3H3,(H,14,16)(H,15,17). The molecule has 1 aliphatic carbocycles. The van der Waals surface area contributed by atoms with Crippen LogP contribution in [0.15, 0.2) is 12.1 Å². The molecule has 0 saturated heterocycles. The van der Waals surface area contributed by atoms with Crippen molar-refractivity contribution in [1.82, 2.24) is 10.3 Å². The second-order valence-corrected chi connectivity index (χ2v) is 4.82. The Morgan fingerprint density at radius 2 is 2.24 bits per heavy atom. The van der Waals surface area contributed by atoms with Crippen LogP contribution in [-0.2, 0) is 0 Å². The molecule has 17 heavy (non-hydrogen) atoms. The summed E-state index contributed by atoms with van der Waals surface area (Å²) in [6.07, 6.45) is 1.23. The van der Waals surface area contributed by atoms with Gasteiger partial charge in [-0.1, -0.05) is 6.92 Å². The van der Waals surface area contributed by atoms with Gasteiger partial charge in [0.2, 0.25) is 0 Å². The van der Waals surface area contributed by atoms with E-state index in [1.165, 1.54) is 6.42 Å². The zero-order valence-corrected chi connectivity index (χ0v) is 10.6. The smallest absolute Gasteiger partial charge is 0.251 e. The van der Waals surface area contributed by atoms with Crippen molar-refractivity contribution in [3.8, 4) is 0 Å². The second-order valence-electron chi connectivity index (χ2n) is 4.82. The van der Waals surface area contributed by atoms with Gasteiger partial charge in [0.25, 0.3) is 5.91 Å². The van der Waals surface area contributed by atoms with Crippen LogP contribution in [-0.4, -0.2) is 24.5 Å². The maximum atomic E-state index is 11.9. The number of hydrogen-bond donors (Lipinski definition) is 2. The normalized spacial score (nSPS) is 22.1. The average Bonchev–Trinajstić information content (AvgIpc) is 3.01. The molecule has 2 N–H and O–H groups in total. The lowest BCUT2D eigenvalue weighted by atomic mass is 10.2. The van der Waals surface area contributed by atoms with E-state index in [9.17, 15) is 4.79 Å². The Labute approximate surface area is 102 Å². The fourth-order valence-corrected chi connectivity index (χ4v) is 1.94. The minimum absolute atomic E-state index is 0.00824. The van der Waals surface area contributed by atoms with Crippen molar-refractivity contribution >= 4 is 11.7 Å². The summed E-state index contributed by atoms with van der Waals surface area (Å²) >= 11 is 0. The Hall–Kier alpha value is -1.58. The second kappa shape index (κ2) is 4.73. The molecule has 0 aliphatic heterocycles. The fraction of sp³-hybridized carbons (Fsp3) is 0.538. The quantitative estimate of drug-likeness (QED) is 0.834. The molecule has 1 amide bonds. The van der Waals surface area contributed by atoms with E-state index in [4.69, 9.17) is 0 Å². The molecular weight excluding hydrogens is 214 g/mol. The van der Waals surface area contributed by atoms with Crippen LogP contribution in [0, 0.1) is 18.8 Å². The first-order chi connectivity index (χ1) is 8.10. The molecule has 0 aromatic carbocycles. The number of anilines is 1. The van der Waals surface area contributed by atoms with Crippen LogP contribution in [0.25, 0.3) is 0 Å². The number of nitrogens with zero attached hydrogens (tertiary/aromatic N) is 1. The van der Waals surface area contributed by atoms with Crippen LogP contribution in [0.4, 0.5) is 5.82 Å². The summed E-state index contributed by atoms with van der Waals surface area (Å²) in [7, 11) is 1.80. The molecule has 1 aromatic rings. The van der Waals surface area contributed by atoms with Crippen molar-refractivity contribution in [2.24, 2.45) is 11.8 Å². The summed E-state index contributed by atoms with van der Waals surface area (Å²) in [6, 6.07) is 3.59. The third-order valence-electron chi connectivity index (χ3n) is 3.27. The number of hydrogen-bond acceptors (Lipinski definition) is 3. The summed E-state index contributed by atoms with van der Waals surface area (Å²) in [5.41, 5.74) is 1.52. The zero-order valence-electron chi connectivity index (χ0n) is 10.6. The van der Waals surface area contributed by atoms with Gasteiger partial charge in [0, 0.05) is 24.8 Å². The van der Waals surface area contributed by atoms with Gasteiger partial charge in [-0.15, -0.1) is 0 Å². The lowest BCUT2D eigenvalue weighted by molar-refractivity contribution is 0.0951. The molecule has 2 atom stereocenters. The van der Waals surface area contributed by atoms with Gasteiger partial charge in [0.1, 0.15) is 5.82 Å². The first kappa shape index (κ1) is 11.9. The Balaban J connectivity index is 2.00. The molecule has 0 radical (unpaired) electrons. The van der Waals surface area contributed by atoms with Crippen molar-refractivity contribution < 1.29 is 4.79 Å². The Morgan fingerprint density at radius 3 is 2.82 bits per heavy atom. The van der Waals surface area contributed by atoms with E-state index in [0.29, 0.717) is 11.5 Å². The highest BCUT2D eigenvalue weighted by atomic mass is 16.1. The van der Waals surface area contributed by atoms with Gasteiger partial charge >= 0.3 is 0 Å². The molecular formula is C13H19N3O. The first-order valence-electron chi connectivity index (χ1n) is 6.05. The molecule has 1 aliphatic rings.